The zero-order valence-corrected chi connectivity index (χ0v) is 15.4. The molecule has 2 aromatic carbocycles. The van der Waals surface area contributed by atoms with Gasteiger partial charge in [-0.25, -0.2) is 13.2 Å². The molecule has 5 nitrogen and oxygen atoms in total. The minimum absolute atomic E-state index is 0.117. The fourth-order valence-corrected chi connectivity index (χ4v) is 3.11. The monoisotopic (exact) mass is 409 g/mol. The lowest BCUT2D eigenvalue weighted by Crippen LogP contribution is -2.27. The second kappa shape index (κ2) is 7.82. The Hall–Kier alpha value is -3.94. The van der Waals surface area contributed by atoms with Crippen LogP contribution in [0.5, 0.6) is 0 Å². The molecule has 0 spiro atoms. The molecule has 1 N–H and O–H groups in total. The van der Waals surface area contributed by atoms with E-state index in [1.54, 1.807) is 42.6 Å². The molecule has 0 radical (unpaired) electrons. The van der Waals surface area contributed by atoms with Gasteiger partial charge in [-0.05, 0) is 18.2 Å². The van der Waals surface area contributed by atoms with Gasteiger partial charge in [0.25, 0.3) is 11.5 Å². The quantitative estimate of drug-likeness (QED) is 0.523. The molecular weight excluding hydrogens is 395 g/mol. The van der Waals surface area contributed by atoms with Crippen molar-refractivity contribution in [3.63, 3.8) is 0 Å². The predicted molar refractivity (Wildman–Crippen MR) is 105 cm³/mol. The van der Waals surface area contributed by atoms with E-state index in [9.17, 15) is 22.8 Å². The Bertz CT molecular complexity index is 1300. The summed E-state index contributed by atoms with van der Waals surface area (Å²) in [5.74, 6) is -5.02. The van der Waals surface area contributed by atoms with Crippen LogP contribution < -0.4 is 10.9 Å². The van der Waals surface area contributed by atoms with Crippen LogP contribution in [0.1, 0.15) is 16.1 Å². The van der Waals surface area contributed by atoms with Crippen LogP contribution >= 0.6 is 0 Å². The standard InChI is InChI=1S/C22H14F3N3O2/c23-18-9-14(10-19(24)20(18)25)28-12-17(15-6-1-2-7-16(15)22(28)30)21(29)27-11-13-5-3-4-8-26-13/h1-10,12H,11H2,(H,27,29). The predicted octanol–water partition coefficient (Wildman–Crippen LogP) is 3.73. The van der Waals surface area contributed by atoms with Gasteiger partial charge in [-0.2, -0.15) is 0 Å². The Morgan fingerprint density at radius 1 is 0.967 bits per heavy atom. The van der Waals surface area contributed by atoms with Crippen LogP contribution in [0.25, 0.3) is 16.5 Å². The Morgan fingerprint density at radius 2 is 1.63 bits per heavy atom. The number of fused-ring (bicyclic) bond motifs is 1. The molecule has 1 amide bonds. The molecule has 4 aromatic rings. The van der Waals surface area contributed by atoms with Crippen LogP contribution in [-0.4, -0.2) is 15.5 Å². The molecule has 0 unspecified atom stereocenters. The largest absolute Gasteiger partial charge is 0.346 e. The van der Waals surface area contributed by atoms with E-state index in [0.717, 1.165) is 4.57 Å². The van der Waals surface area contributed by atoms with Crippen LogP contribution in [0, 0.1) is 17.5 Å². The zero-order chi connectivity index (χ0) is 21.3. The van der Waals surface area contributed by atoms with Crippen molar-refractivity contribution in [3.05, 3.63) is 106 Å². The smallest absolute Gasteiger partial charge is 0.262 e. The Labute approximate surface area is 168 Å². The molecule has 0 fully saturated rings. The highest BCUT2D eigenvalue weighted by Gasteiger charge is 2.18. The average molecular weight is 409 g/mol. The highest BCUT2D eigenvalue weighted by molar-refractivity contribution is 6.06. The fourth-order valence-electron chi connectivity index (χ4n) is 3.11. The summed E-state index contributed by atoms with van der Waals surface area (Å²) in [6, 6.07) is 13.0. The summed E-state index contributed by atoms with van der Waals surface area (Å²) in [6.07, 6.45) is 2.78. The number of carbonyl (C=O) groups excluding carboxylic acids is 1. The van der Waals surface area contributed by atoms with Crippen molar-refractivity contribution in [2.45, 2.75) is 6.54 Å². The lowest BCUT2D eigenvalue weighted by atomic mass is 10.1. The van der Waals surface area contributed by atoms with E-state index in [4.69, 9.17) is 0 Å². The van der Waals surface area contributed by atoms with Crippen LogP contribution in [-0.2, 0) is 6.54 Å². The number of halogens is 3. The number of nitrogens with zero attached hydrogens (tertiary/aromatic N) is 2. The minimum atomic E-state index is -1.64. The summed E-state index contributed by atoms with van der Waals surface area (Å²) < 4.78 is 41.7. The molecule has 30 heavy (non-hydrogen) atoms. The van der Waals surface area contributed by atoms with Crippen molar-refractivity contribution in [1.82, 2.24) is 14.9 Å². The summed E-state index contributed by atoms with van der Waals surface area (Å²) in [4.78, 5) is 29.9. The van der Waals surface area contributed by atoms with E-state index >= 15 is 0 Å². The molecule has 2 aromatic heterocycles. The lowest BCUT2D eigenvalue weighted by Gasteiger charge is -2.13. The summed E-state index contributed by atoms with van der Waals surface area (Å²) >= 11 is 0. The van der Waals surface area contributed by atoms with E-state index < -0.39 is 28.9 Å². The van der Waals surface area contributed by atoms with Crippen molar-refractivity contribution >= 4 is 16.7 Å². The molecule has 4 rings (SSSR count). The highest BCUT2D eigenvalue weighted by Crippen LogP contribution is 2.20. The van der Waals surface area contributed by atoms with Crippen molar-refractivity contribution in [2.24, 2.45) is 0 Å². The van der Waals surface area contributed by atoms with Crippen molar-refractivity contribution < 1.29 is 18.0 Å². The van der Waals surface area contributed by atoms with Crippen LogP contribution in [0.3, 0.4) is 0 Å². The molecule has 0 aliphatic heterocycles. The van der Waals surface area contributed by atoms with Gasteiger partial charge in [-0.1, -0.05) is 24.3 Å². The summed E-state index contributed by atoms with van der Waals surface area (Å²) in [5, 5.41) is 3.26. The molecule has 2 heterocycles. The minimum Gasteiger partial charge on any atom is -0.346 e. The SMILES string of the molecule is O=C(NCc1ccccn1)c1cn(-c2cc(F)c(F)c(F)c2)c(=O)c2ccccc12. The van der Waals surface area contributed by atoms with E-state index in [2.05, 4.69) is 10.3 Å². The molecule has 0 aliphatic rings. The van der Waals surface area contributed by atoms with Crippen molar-refractivity contribution in [2.75, 3.05) is 0 Å². The fraction of sp³-hybridized carbons (Fsp3) is 0.0455. The van der Waals surface area contributed by atoms with Gasteiger partial charge < -0.3 is 5.32 Å². The number of hydrogen-bond acceptors (Lipinski definition) is 3. The van der Waals surface area contributed by atoms with Crippen molar-refractivity contribution in [1.29, 1.82) is 0 Å². The average Bonchev–Trinajstić information content (AvgIpc) is 2.76. The van der Waals surface area contributed by atoms with Crippen molar-refractivity contribution in [3.8, 4) is 5.69 Å². The summed E-state index contributed by atoms with van der Waals surface area (Å²) in [7, 11) is 0. The van der Waals surface area contributed by atoms with Gasteiger partial charge in [0.2, 0.25) is 0 Å². The number of carbonyl (C=O) groups is 1. The Morgan fingerprint density at radius 3 is 2.30 bits per heavy atom. The number of aromatic nitrogens is 2. The Balaban J connectivity index is 1.83. The van der Waals surface area contributed by atoms with Crippen LogP contribution in [0.2, 0.25) is 0 Å². The number of nitrogens with one attached hydrogen (secondary N) is 1. The maximum absolute atomic E-state index is 13.7. The van der Waals surface area contributed by atoms with Gasteiger partial charge in [-0.15, -0.1) is 0 Å². The third kappa shape index (κ3) is 3.55. The molecule has 0 saturated heterocycles. The molecule has 0 aliphatic carbocycles. The molecule has 0 bridgehead atoms. The van der Waals surface area contributed by atoms with Gasteiger partial charge in [-0.3, -0.25) is 19.1 Å². The van der Waals surface area contributed by atoms with E-state index in [-0.39, 0.29) is 23.2 Å². The number of rotatable bonds is 4. The molecule has 150 valence electrons. The number of amides is 1. The molecule has 8 heteroatoms. The van der Waals surface area contributed by atoms with Gasteiger partial charge >= 0.3 is 0 Å². The Kier molecular flexibility index (Phi) is 5.05. The van der Waals surface area contributed by atoms with Gasteiger partial charge in [0.05, 0.1) is 23.5 Å². The maximum atomic E-state index is 13.7. The zero-order valence-electron chi connectivity index (χ0n) is 15.4. The van der Waals surface area contributed by atoms with E-state index in [1.165, 1.54) is 12.3 Å². The van der Waals surface area contributed by atoms with E-state index in [0.29, 0.717) is 23.2 Å². The highest BCUT2D eigenvalue weighted by atomic mass is 19.2. The lowest BCUT2D eigenvalue weighted by molar-refractivity contribution is 0.0951. The number of hydrogen-bond donors (Lipinski definition) is 1. The first-order chi connectivity index (χ1) is 14.5. The third-order valence-electron chi connectivity index (χ3n) is 4.57. The summed E-state index contributed by atoms with van der Waals surface area (Å²) in [5.41, 5.74) is -0.0874. The third-order valence-corrected chi connectivity index (χ3v) is 4.57. The van der Waals surface area contributed by atoms with Gasteiger partial charge in [0.15, 0.2) is 17.5 Å². The number of pyridine rings is 2. The first-order valence-electron chi connectivity index (χ1n) is 8.93. The second-order valence-corrected chi connectivity index (χ2v) is 6.49. The van der Waals surface area contributed by atoms with Gasteiger partial charge in [0, 0.05) is 35.3 Å². The van der Waals surface area contributed by atoms with E-state index in [1.807, 2.05) is 0 Å². The second-order valence-electron chi connectivity index (χ2n) is 6.49. The molecule has 0 saturated carbocycles. The first kappa shape index (κ1) is 19.4. The van der Waals surface area contributed by atoms with Gasteiger partial charge in [0.1, 0.15) is 0 Å². The van der Waals surface area contributed by atoms with Crippen LogP contribution in [0.15, 0.2) is 71.8 Å². The number of benzene rings is 2. The maximum Gasteiger partial charge on any atom is 0.262 e. The van der Waals surface area contributed by atoms with Crippen LogP contribution in [0.4, 0.5) is 13.2 Å². The first-order valence-corrected chi connectivity index (χ1v) is 8.93. The molecular formula is C22H14F3N3O2. The summed E-state index contributed by atoms with van der Waals surface area (Å²) in [6.45, 7) is 0.146. The topological polar surface area (TPSA) is 64.0 Å². The molecule has 0 atom stereocenters. The normalized spacial score (nSPS) is 10.9.